The number of ether oxygens (including phenoxy) is 2. The van der Waals surface area contributed by atoms with Crippen molar-refractivity contribution in [1.82, 2.24) is 0 Å². The van der Waals surface area contributed by atoms with Crippen LogP contribution in [0, 0.1) is 0 Å². The van der Waals surface area contributed by atoms with Crippen LogP contribution in [0.5, 0.6) is 23.0 Å². The molecule has 0 saturated heterocycles. The molecule has 2 aromatic carbocycles. The van der Waals surface area contributed by atoms with Crippen molar-refractivity contribution in [2.75, 3.05) is 14.2 Å². The first kappa shape index (κ1) is 22.1. The quantitative estimate of drug-likeness (QED) is 0.555. The summed E-state index contributed by atoms with van der Waals surface area (Å²) in [4.78, 5) is 20.4. The van der Waals surface area contributed by atoms with Crippen molar-refractivity contribution >= 4 is 24.1 Å². The van der Waals surface area contributed by atoms with Crippen molar-refractivity contribution in [2.24, 2.45) is 0 Å². The highest BCUT2D eigenvalue weighted by atomic mass is 16.5. The Hall–Kier alpha value is -3.94. The van der Waals surface area contributed by atoms with Crippen molar-refractivity contribution < 1.29 is 39.5 Å². The second-order valence-electron chi connectivity index (χ2n) is 5.21. The summed E-state index contributed by atoms with van der Waals surface area (Å²) in [5, 5.41) is 35.4. The number of aliphatic carboxylic acids is 2. The molecule has 4 N–H and O–H groups in total. The molecule has 0 spiro atoms. The van der Waals surface area contributed by atoms with Crippen LogP contribution in [0.1, 0.15) is 11.1 Å². The van der Waals surface area contributed by atoms with Crippen LogP contribution < -0.4 is 9.47 Å². The van der Waals surface area contributed by atoms with Gasteiger partial charge in [-0.05, 0) is 47.5 Å². The number of carboxylic acid groups (broad SMARTS) is 2. The van der Waals surface area contributed by atoms with Crippen LogP contribution in [-0.4, -0.2) is 46.6 Å². The molecule has 2 aromatic rings. The minimum atomic E-state index is -1.03. The van der Waals surface area contributed by atoms with Gasteiger partial charge >= 0.3 is 11.9 Å². The van der Waals surface area contributed by atoms with Gasteiger partial charge < -0.3 is 29.9 Å². The number of methoxy groups -OCH3 is 2. The molecule has 0 amide bonds. The van der Waals surface area contributed by atoms with Crippen LogP contribution in [0.2, 0.25) is 0 Å². The summed E-state index contributed by atoms with van der Waals surface area (Å²) < 4.78 is 9.70. The zero-order valence-corrected chi connectivity index (χ0v) is 15.2. The van der Waals surface area contributed by atoms with Crippen molar-refractivity contribution in [2.45, 2.75) is 0 Å². The van der Waals surface area contributed by atoms with Crippen molar-refractivity contribution in [3.05, 3.63) is 59.7 Å². The van der Waals surface area contributed by atoms with Crippen LogP contribution in [0.15, 0.2) is 48.6 Å². The van der Waals surface area contributed by atoms with Gasteiger partial charge in [-0.25, -0.2) is 9.59 Å². The molecule has 0 radical (unpaired) electrons. The minimum Gasteiger partial charge on any atom is -0.504 e. The van der Waals surface area contributed by atoms with Gasteiger partial charge in [0.05, 0.1) is 14.2 Å². The number of benzene rings is 2. The van der Waals surface area contributed by atoms with E-state index in [0.717, 1.165) is 12.2 Å². The standard InChI is InChI=1S/2C10H10O4/c1-14-9-4-2-7(6-8(9)11)3-5-10(12)13;1-14-9-6-7(2-4-8(9)11)3-5-10(12)13/h2*2-6,11H,1H3,(H,12,13)/b2*5-3+. The van der Waals surface area contributed by atoms with E-state index < -0.39 is 11.9 Å². The first-order valence-corrected chi connectivity index (χ1v) is 7.82. The third-order valence-electron chi connectivity index (χ3n) is 3.24. The van der Waals surface area contributed by atoms with Gasteiger partial charge in [0.2, 0.25) is 0 Å². The van der Waals surface area contributed by atoms with E-state index in [1.54, 1.807) is 24.3 Å². The maximum atomic E-state index is 10.2. The molecular formula is C20H20O8. The van der Waals surface area contributed by atoms with Gasteiger partial charge in [-0.2, -0.15) is 0 Å². The topological polar surface area (TPSA) is 134 Å². The molecule has 0 aliphatic heterocycles. The molecule has 2 rings (SSSR count). The lowest BCUT2D eigenvalue weighted by Gasteiger charge is -2.03. The number of phenols is 2. The number of carbonyl (C=O) groups is 2. The molecule has 148 valence electrons. The van der Waals surface area contributed by atoms with E-state index in [1.807, 2.05) is 0 Å². The van der Waals surface area contributed by atoms with Crippen molar-refractivity contribution in [3.63, 3.8) is 0 Å². The summed E-state index contributed by atoms with van der Waals surface area (Å²) in [6, 6.07) is 9.24. The van der Waals surface area contributed by atoms with Crippen molar-refractivity contribution in [3.8, 4) is 23.0 Å². The lowest BCUT2D eigenvalue weighted by atomic mass is 10.2. The SMILES string of the molecule is COc1cc(/C=C/C(=O)O)ccc1O.COc1ccc(/C=C/C(=O)O)cc1O. The summed E-state index contributed by atoms with van der Waals surface area (Å²) in [5.41, 5.74) is 1.26. The first-order chi connectivity index (χ1) is 13.3. The van der Waals surface area contributed by atoms with E-state index in [9.17, 15) is 19.8 Å². The summed E-state index contributed by atoms with van der Waals surface area (Å²) in [6.45, 7) is 0. The van der Waals surface area contributed by atoms with Gasteiger partial charge in [0.1, 0.15) is 0 Å². The van der Waals surface area contributed by atoms with Crippen molar-refractivity contribution in [1.29, 1.82) is 0 Å². The zero-order chi connectivity index (χ0) is 21.1. The smallest absolute Gasteiger partial charge is 0.328 e. The predicted molar refractivity (Wildman–Crippen MR) is 103 cm³/mol. The Bertz CT molecular complexity index is 884. The fourth-order valence-corrected chi connectivity index (χ4v) is 1.94. The average Bonchev–Trinajstić information content (AvgIpc) is 2.66. The van der Waals surface area contributed by atoms with E-state index in [4.69, 9.17) is 19.7 Å². The largest absolute Gasteiger partial charge is 0.504 e. The van der Waals surface area contributed by atoms with Gasteiger partial charge in [-0.15, -0.1) is 0 Å². The molecule has 0 aromatic heterocycles. The van der Waals surface area contributed by atoms with E-state index in [2.05, 4.69) is 0 Å². The van der Waals surface area contributed by atoms with Crippen LogP contribution >= 0.6 is 0 Å². The maximum Gasteiger partial charge on any atom is 0.328 e. The lowest BCUT2D eigenvalue weighted by molar-refractivity contribution is -0.132. The fraction of sp³-hybridized carbons (Fsp3) is 0.100. The molecule has 0 aliphatic carbocycles. The highest BCUT2D eigenvalue weighted by Crippen LogP contribution is 2.27. The molecule has 0 heterocycles. The van der Waals surface area contributed by atoms with Crippen LogP contribution in [0.3, 0.4) is 0 Å². The zero-order valence-electron chi connectivity index (χ0n) is 15.2. The number of phenolic OH excluding ortho intramolecular Hbond substituents is 2. The molecule has 0 unspecified atom stereocenters. The Morgan fingerprint density at radius 2 is 1.25 bits per heavy atom. The minimum absolute atomic E-state index is 0.0139. The third-order valence-corrected chi connectivity index (χ3v) is 3.24. The Labute approximate surface area is 161 Å². The van der Waals surface area contributed by atoms with E-state index in [-0.39, 0.29) is 11.5 Å². The average molecular weight is 388 g/mol. The number of aromatic hydroxyl groups is 2. The van der Waals surface area contributed by atoms with Crippen LogP contribution in [0.4, 0.5) is 0 Å². The summed E-state index contributed by atoms with van der Waals surface area (Å²) in [5.74, 6) is -1.35. The second kappa shape index (κ2) is 10.9. The Balaban J connectivity index is 0.000000280. The number of hydrogen-bond donors (Lipinski definition) is 4. The van der Waals surface area contributed by atoms with Gasteiger partial charge in [0.15, 0.2) is 23.0 Å². The Morgan fingerprint density at radius 3 is 1.71 bits per heavy atom. The molecule has 8 nitrogen and oxygen atoms in total. The van der Waals surface area contributed by atoms with Gasteiger partial charge in [-0.3, -0.25) is 0 Å². The van der Waals surface area contributed by atoms with Crippen LogP contribution in [-0.2, 0) is 9.59 Å². The first-order valence-electron chi connectivity index (χ1n) is 7.82. The molecule has 0 saturated carbocycles. The normalized spacial score (nSPS) is 10.4. The van der Waals surface area contributed by atoms with E-state index in [1.165, 1.54) is 38.5 Å². The molecule has 0 fully saturated rings. The molecule has 0 aliphatic rings. The van der Waals surface area contributed by atoms with Gasteiger partial charge in [0, 0.05) is 12.2 Å². The second-order valence-corrected chi connectivity index (χ2v) is 5.21. The molecular weight excluding hydrogens is 368 g/mol. The monoisotopic (exact) mass is 388 g/mol. The lowest BCUT2D eigenvalue weighted by Crippen LogP contribution is -1.87. The van der Waals surface area contributed by atoms with E-state index in [0.29, 0.717) is 22.6 Å². The summed E-state index contributed by atoms with van der Waals surface area (Å²) in [6.07, 6.45) is 4.83. The highest BCUT2D eigenvalue weighted by Gasteiger charge is 2.01. The highest BCUT2D eigenvalue weighted by molar-refractivity contribution is 5.85. The molecule has 28 heavy (non-hydrogen) atoms. The molecule has 0 bridgehead atoms. The third kappa shape index (κ3) is 7.52. The summed E-state index contributed by atoms with van der Waals surface area (Å²) in [7, 11) is 2.88. The van der Waals surface area contributed by atoms with Crippen LogP contribution in [0.25, 0.3) is 12.2 Å². The number of carboxylic acids is 2. The fourth-order valence-electron chi connectivity index (χ4n) is 1.94. The maximum absolute atomic E-state index is 10.2. The molecule has 0 atom stereocenters. The van der Waals surface area contributed by atoms with Gasteiger partial charge in [-0.1, -0.05) is 12.1 Å². The van der Waals surface area contributed by atoms with Gasteiger partial charge in [0.25, 0.3) is 0 Å². The Kier molecular flexibility index (Phi) is 8.62. The number of rotatable bonds is 6. The Morgan fingerprint density at radius 1 is 0.750 bits per heavy atom. The van der Waals surface area contributed by atoms with E-state index >= 15 is 0 Å². The molecule has 8 heteroatoms. The predicted octanol–water partition coefficient (Wildman–Crippen LogP) is 3.00. The summed E-state index contributed by atoms with van der Waals surface area (Å²) >= 11 is 0. The number of hydrogen-bond acceptors (Lipinski definition) is 6.